The van der Waals surface area contributed by atoms with E-state index in [1.807, 2.05) is 13.1 Å². The molecule has 6 heteroatoms. The summed E-state index contributed by atoms with van der Waals surface area (Å²) in [6.45, 7) is 9.09. The van der Waals surface area contributed by atoms with Gasteiger partial charge in [0.15, 0.2) is 5.82 Å². The van der Waals surface area contributed by atoms with Gasteiger partial charge in [-0.05, 0) is 46.7 Å². The van der Waals surface area contributed by atoms with Crippen LogP contribution < -0.4 is 4.90 Å². The largest absolute Gasteiger partial charge is 0.444 e. The fourth-order valence-corrected chi connectivity index (χ4v) is 3.20. The third-order valence-electron chi connectivity index (χ3n) is 4.56. The van der Waals surface area contributed by atoms with Crippen LogP contribution in [0.3, 0.4) is 0 Å². The normalized spacial score (nSPS) is 24.1. The molecule has 1 aromatic heterocycles. The smallest absolute Gasteiger partial charge is 0.415 e. The van der Waals surface area contributed by atoms with Crippen molar-refractivity contribution in [3.8, 4) is 0 Å². The second kappa shape index (κ2) is 6.20. The minimum atomic E-state index is -0.325. The summed E-state index contributed by atoms with van der Waals surface area (Å²) in [6.07, 6.45) is 5.26. The van der Waals surface area contributed by atoms with Gasteiger partial charge in [0.05, 0.1) is 18.4 Å². The number of carbonyl (C=O) groups excluding carboxylic acids is 1. The van der Waals surface area contributed by atoms with Crippen LogP contribution in [0, 0.1) is 0 Å². The number of hydrogen-bond donors (Lipinski definition) is 0. The molecule has 2 aliphatic rings. The van der Waals surface area contributed by atoms with Gasteiger partial charge in [-0.15, -0.1) is 0 Å². The fraction of sp³-hybridized carbons (Fsp3) is 0.688. The van der Waals surface area contributed by atoms with Crippen LogP contribution in [0.25, 0.3) is 0 Å². The number of carbonyl (C=O) groups is 1. The Morgan fingerprint density at radius 1 is 1.27 bits per heavy atom. The van der Waals surface area contributed by atoms with E-state index in [9.17, 15) is 4.79 Å². The first kappa shape index (κ1) is 15.2. The van der Waals surface area contributed by atoms with Crippen molar-refractivity contribution in [1.29, 1.82) is 0 Å². The second-order valence-corrected chi connectivity index (χ2v) is 6.51. The molecule has 3 rings (SSSR count). The van der Waals surface area contributed by atoms with Gasteiger partial charge < -0.3 is 9.64 Å². The number of likely N-dealkylation sites (tertiary alicyclic amines) is 1. The van der Waals surface area contributed by atoms with Gasteiger partial charge >= 0.3 is 6.09 Å². The Hall–Kier alpha value is -1.69. The van der Waals surface area contributed by atoms with E-state index in [4.69, 9.17) is 4.74 Å². The Balaban J connectivity index is 1.71. The summed E-state index contributed by atoms with van der Waals surface area (Å²) in [5.41, 5.74) is 0.994. The summed E-state index contributed by atoms with van der Waals surface area (Å²) >= 11 is 0. The number of aromatic nitrogens is 2. The van der Waals surface area contributed by atoms with E-state index in [-0.39, 0.29) is 12.2 Å². The van der Waals surface area contributed by atoms with Crippen molar-refractivity contribution in [2.45, 2.75) is 51.7 Å². The highest BCUT2D eigenvalue weighted by atomic mass is 16.6. The molecule has 0 spiro atoms. The number of anilines is 1. The molecule has 120 valence electrons. The minimum absolute atomic E-state index is 0.0905. The number of amides is 1. The van der Waals surface area contributed by atoms with E-state index in [2.05, 4.69) is 28.7 Å². The van der Waals surface area contributed by atoms with Gasteiger partial charge in [0.1, 0.15) is 6.10 Å². The van der Waals surface area contributed by atoms with Crippen molar-refractivity contribution in [3.63, 3.8) is 0 Å². The van der Waals surface area contributed by atoms with E-state index < -0.39 is 0 Å². The SMILES string of the molecule is CC(C)N1CCC(c2cncc(N3C[C@@H](C)OC3=O)n2)CC1. The first-order valence-electron chi connectivity index (χ1n) is 8.08. The Kier molecular flexibility index (Phi) is 4.29. The molecule has 2 saturated heterocycles. The molecule has 3 heterocycles. The molecule has 0 aromatic carbocycles. The molecule has 1 amide bonds. The van der Waals surface area contributed by atoms with Crippen LogP contribution in [-0.2, 0) is 4.74 Å². The van der Waals surface area contributed by atoms with Gasteiger partial charge in [0.25, 0.3) is 0 Å². The van der Waals surface area contributed by atoms with Gasteiger partial charge in [-0.25, -0.2) is 9.78 Å². The topological polar surface area (TPSA) is 58.6 Å². The van der Waals surface area contributed by atoms with Crippen molar-refractivity contribution in [1.82, 2.24) is 14.9 Å². The minimum Gasteiger partial charge on any atom is -0.444 e. The lowest BCUT2D eigenvalue weighted by Crippen LogP contribution is -2.38. The predicted octanol–water partition coefficient (Wildman–Crippen LogP) is 2.41. The van der Waals surface area contributed by atoms with Gasteiger partial charge in [0, 0.05) is 18.2 Å². The van der Waals surface area contributed by atoms with E-state index in [1.165, 1.54) is 0 Å². The second-order valence-electron chi connectivity index (χ2n) is 6.51. The molecular formula is C16H24N4O2. The van der Waals surface area contributed by atoms with Crippen LogP contribution in [0.5, 0.6) is 0 Å². The molecule has 0 saturated carbocycles. The molecular weight excluding hydrogens is 280 g/mol. The Morgan fingerprint density at radius 2 is 2.00 bits per heavy atom. The maximum Gasteiger partial charge on any atom is 0.415 e. The van der Waals surface area contributed by atoms with E-state index >= 15 is 0 Å². The first-order chi connectivity index (χ1) is 10.5. The van der Waals surface area contributed by atoms with Crippen LogP contribution >= 0.6 is 0 Å². The van der Waals surface area contributed by atoms with Gasteiger partial charge in [-0.1, -0.05) is 0 Å². The summed E-state index contributed by atoms with van der Waals surface area (Å²) in [5.74, 6) is 1.04. The molecule has 0 bridgehead atoms. The number of hydrogen-bond acceptors (Lipinski definition) is 5. The molecule has 0 N–H and O–H groups in total. The molecule has 0 aliphatic carbocycles. The number of piperidine rings is 1. The fourth-order valence-electron chi connectivity index (χ4n) is 3.20. The molecule has 6 nitrogen and oxygen atoms in total. The van der Waals surface area contributed by atoms with Crippen molar-refractivity contribution < 1.29 is 9.53 Å². The zero-order chi connectivity index (χ0) is 15.7. The monoisotopic (exact) mass is 304 g/mol. The molecule has 2 fully saturated rings. The number of ether oxygens (including phenoxy) is 1. The molecule has 22 heavy (non-hydrogen) atoms. The van der Waals surface area contributed by atoms with E-state index in [0.29, 0.717) is 24.3 Å². The average molecular weight is 304 g/mol. The Labute approximate surface area is 131 Å². The van der Waals surface area contributed by atoms with E-state index in [1.54, 1.807) is 11.1 Å². The lowest BCUT2D eigenvalue weighted by Gasteiger charge is -2.34. The van der Waals surface area contributed by atoms with Crippen LogP contribution in [0.2, 0.25) is 0 Å². The van der Waals surface area contributed by atoms with Crippen LogP contribution in [0.15, 0.2) is 12.4 Å². The van der Waals surface area contributed by atoms with Crippen molar-refractivity contribution in [3.05, 3.63) is 18.1 Å². The van der Waals surface area contributed by atoms with Crippen LogP contribution in [0.4, 0.5) is 10.6 Å². The summed E-state index contributed by atoms with van der Waals surface area (Å²) in [4.78, 5) is 24.9. The third-order valence-corrected chi connectivity index (χ3v) is 4.56. The summed E-state index contributed by atoms with van der Waals surface area (Å²) in [6, 6.07) is 0.597. The van der Waals surface area contributed by atoms with Crippen LogP contribution in [0.1, 0.15) is 45.2 Å². The predicted molar refractivity (Wildman–Crippen MR) is 84.0 cm³/mol. The standard InChI is InChI=1S/C16H24N4O2/c1-11(2)19-6-4-13(5-7-19)14-8-17-9-15(18-14)20-10-12(3)22-16(20)21/h8-9,11-13H,4-7,10H2,1-3H3/t12-/m1/s1. The van der Waals surface area contributed by atoms with Crippen molar-refractivity contribution in [2.24, 2.45) is 0 Å². The summed E-state index contributed by atoms with van der Waals surface area (Å²) in [7, 11) is 0. The highest BCUT2D eigenvalue weighted by molar-refractivity contribution is 5.88. The highest BCUT2D eigenvalue weighted by Crippen LogP contribution is 2.29. The highest BCUT2D eigenvalue weighted by Gasteiger charge is 2.31. The Morgan fingerprint density at radius 3 is 2.59 bits per heavy atom. The number of nitrogens with zero attached hydrogens (tertiary/aromatic N) is 4. The van der Waals surface area contributed by atoms with Gasteiger partial charge in [-0.3, -0.25) is 9.88 Å². The summed E-state index contributed by atoms with van der Waals surface area (Å²) in [5, 5.41) is 0. The lowest BCUT2D eigenvalue weighted by molar-refractivity contribution is 0.149. The third kappa shape index (κ3) is 3.06. The van der Waals surface area contributed by atoms with Gasteiger partial charge in [0.2, 0.25) is 0 Å². The van der Waals surface area contributed by atoms with E-state index in [0.717, 1.165) is 31.6 Å². The maximum absolute atomic E-state index is 11.8. The first-order valence-corrected chi connectivity index (χ1v) is 8.08. The molecule has 0 unspecified atom stereocenters. The molecule has 2 aliphatic heterocycles. The van der Waals surface area contributed by atoms with Crippen molar-refractivity contribution in [2.75, 3.05) is 24.5 Å². The molecule has 1 atom stereocenters. The lowest BCUT2D eigenvalue weighted by atomic mass is 9.93. The Bertz CT molecular complexity index is 541. The average Bonchev–Trinajstić information content (AvgIpc) is 2.86. The number of cyclic esters (lactones) is 1. The van der Waals surface area contributed by atoms with Gasteiger partial charge in [-0.2, -0.15) is 0 Å². The molecule has 1 aromatic rings. The number of rotatable bonds is 3. The molecule has 0 radical (unpaired) electrons. The maximum atomic E-state index is 11.8. The quantitative estimate of drug-likeness (QED) is 0.858. The van der Waals surface area contributed by atoms with Crippen molar-refractivity contribution >= 4 is 11.9 Å². The zero-order valence-corrected chi connectivity index (χ0v) is 13.5. The summed E-state index contributed by atoms with van der Waals surface area (Å²) < 4.78 is 5.17. The zero-order valence-electron chi connectivity index (χ0n) is 13.5. The van der Waals surface area contributed by atoms with Crippen LogP contribution in [-0.4, -0.2) is 52.7 Å².